The summed E-state index contributed by atoms with van der Waals surface area (Å²) in [7, 11) is 1.66. The van der Waals surface area contributed by atoms with Crippen LogP contribution in [0.3, 0.4) is 0 Å². The SMILES string of the molecule is COCCOCCOc1ccc(N)cc1C1CC1. The van der Waals surface area contributed by atoms with Crippen LogP contribution in [0.4, 0.5) is 5.69 Å². The van der Waals surface area contributed by atoms with Gasteiger partial charge in [0.15, 0.2) is 0 Å². The zero-order chi connectivity index (χ0) is 12.8. The molecule has 2 N–H and O–H groups in total. The minimum atomic E-state index is 0.563. The van der Waals surface area contributed by atoms with Gasteiger partial charge in [-0.1, -0.05) is 0 Å². The summed E-state index contributed by atoms with van der Waals surface area (Å²) in [5, 5.41) is 0. The van der Waals surface area contributed by atoms with E-state index in [4.69, 9.17) is 19.9 Å². The summed E-state index contributed by atoms with van der Waals surface area (Å²) in [6, 6.07) is 5.86. The van der Waals surface area contributed by atoms with Crippen LogP contribution in [0.5, 0.6) is 5.75 Å². The van der Waals surface area contributed by atoms with Crippen molar-refractivity contribution in [3.63, 3.8) is 0 Å². The van der Waals surface area contributed by atoms with Crippen molar-refractivity contribution in [3.8, 4) is 5.75 Å². The van der Waals surface area contributed by atoms with E-state index in [0.29, 0.717) is 32.3 Å². The molecule has 0 atom stereocenters. The average molecular weight is 251 g/mol. The first-order valence-electron chi connectivity index (χ1n) is 6.40. The summed E-state index contributed by atoms with van der Waals surface area (Å²) in [5.41, 5.74) is 7.86. The zero-order valence-electron chi connectivity index (χ0n) is 10.9. The Morgan fingerprint density at radius 1 is 1.17 bits per heavy atom. The molecule has 1 fully saturated rings. The predicted octanol–water partition coefficient (Wildman–Crippen LogP) is 2.19. The van der Waals surface area contributed by atoms with Crippen molar-refractivity contribution >= 4 is 5.69 Å². The van der Waals surface area contributed by atoms with Gasteiger partial charge in [-0.3, -0.25) is 0 Å². The zero-order valence-corrected chi connectivity index (χ0v) is 10.9. The standard InChI is InChI=1S/C14H21NO3/c1-16-6-7-17-8-9-18-14-5-4-12(15)10-13(14)11-2-3-11/h4-5,10-11H,2-3,6-9,15H2,1H3. The quantitative estimate of drug-likeness (QED) is 0.568. The molecule has 0 aromatic heterocycles. The second-order valence-electron chi connectivity index (χ2n) is 4.53. The van der Waals surface area contributed by atoms with Crippen LogP contribution < -0.4 is 10.5 Å². The molecule has 0 bridgehead atoms. The summed E-state index contributed by atoms with van der Waals surface area (Å²) < 4.78 is 16.0. The number of nitrogens with two attached hydrogens (primary N) is 1. The molecule has 0 unspecified atom stereocenters. The van der Waals surface area contributed by atoms with Gasteiger partial charge in [-0.05, 0) is 42.5 Å². The molecule has 0 radical (unpaired) electrons. The number of hydrogen-bond acceptors (Lipinski definition) is 4. The molecule has 1 aliphatic carbocycles. The Labute approximate surface area is 108 Å². The molecule has 18 heavy (non-hydrogen) atoms. The number of nitrogen functional groups attached to an aromatic ring is 1. The van der Waals surface area contributed by atoms with E-state index in [1.165, 1.54) is 18.4 Å². The van der Waals surface area contributed by atoms with Crippen molar-refractivity contribution in [2.24, 2.45) is 0 Å². The first kappa shape index (κ1) is 13.2. The second kappa shape index (κ2) is 6.61. The van der Waals surface area contributed by atoms with E-state index in [2.05, 4.69) is 0 Å². The van der Waals surface area contributed by atoms with E-state index in [0.717, 1.165) is 11.4 Å². The molecule has 1 saturated carbocycles. The van der Waals surface area contributed by atoms with Crippen LogP contribution >= 0.6 is 0 Å². The first-order chi connectivity index (χ1) is 8.81. The first-order valence-corrected chi connectivity index (χ1v) is 6.40. The van der Waals surface area contributed by atoms with Crippen molar-refractivity contribution in [3.05, 3.63) is 23.8 Å². The van der Waals surface area contributed by atoms with Crippen molar-refractivity contribution in [1.29, 1.82) is 0 Å². The molecule has 4 heteroatoms. The van der Waals surface area contributed by atoms with Crippen LogP contribution in [0, 0.1) is 0 Å². The van der Waals surface area contributed by atoms with Gasteiger partial charge in [0.05, 0.1) is 19.8 Å². The van der Waals surface area contributed by atoms with Gasteiger partial charge in [0.25, 0.3) is 0 Å². The number of benzene rings is 1. The van der Waals surface area contributed by atoms with Crippen LogP contribution in [-0.2, 0) is 9.47 Å². The average Bonchev–Trinajstić information content (AvgIpc) is 3.19. The maximum absolute atomic E-state index is 5.81. The molecule has 0 heterocycles. The Kier molecular flexibility index (Phi) is 4.84. The molecule has 1 aliphatic rings. The van der Waals surface area contributed by atoms with Crippen LogP contribution in [0.1, 0.15) is 24.3 Å². The van der Waals surface area contributed by atoms with E-state index in [9.17, 15) is 0 Å². The number of ether oxygens (including phenoxy) is 3. The van der Waals surface area contributed by atoms with E-state index < -0.39 is 0 Å². The van der Waals surface area contributed by atoms with Crippen LogP contribution in [0.2, 0.25) is 0 Å². The normalized spacial score (nSPS) is 14.7. The molecule has 1 aromatic rings. The molecule has 0 aliphatic heterocycles. The molecular formula is C14H21NO3. The number of rotatable bonds is 8. The minimum absolute atomic E-state index is 0.563. The fraction of sp³-hybridized carbons (Fsp3) is 0.571. The second-order valence-corrected chi connectivity index (χ2v) is 4.53. The fourth-order valence-corrected chi connectivity index (χ4v) is 1.87. The molecule has 4 nitrogen and oxygen atoms in total. The van der Waals surface area contributed by atoms with Crippen LogP contribution in [-0.4, -0.2) is 33.5 Å². The van der Waals surface area contributed by atoms with Gasteiger partial charge >= 0.3 is 0 Å². The van der Waals surface area contributed by atoms with E-state index in [-0.39, 0.29) is 0 Å². The Morgan fingerprint density at radius 3 is 2.67 bits per heavy atom. The van der Waals surface area contributed by atoms with Gasteiger partial charge in [-0.25, -0.2) is 0 Å². The fourth-order valence-electron chi connectivity index (χ4n) is 1.87. The Balaban J connectivity index is 1.78. The number of methoxy groups -OCH3 is 1. The Hall–Kier alpha value is -1.26. The Morgan fingerprint density at radius 2 is 1.94 bits per heavy atom. The van der Waals surface area contributed by atoms with E-state index in [1.54, 1.807) is 7.11 Å². The number of hydrogen-bond donors (Lipinski definition) is 1. The molecule has 0 saturated heterocycles. The summed E-state index contributed by atoms with van der Waals surface area (Å²) in [4.78, 5) is 0. The maximum atomic E-state index is 5.81. The largest absolute Gasteiger partial charge is 0.491 e. The van der Waals surface area contributed by atoms with Crippen molar-refractivity contribution in [2.45, 2.75) is 18.8 Å². The van der Waals surface area contributed by atoms with Gasteiger partial charge < -0.3 is 19.9 Å². The van der Waals surface area contributed by atoms with Crippen LogP contribution in [0.15, 0.2) is 18.2 Å². The highest BCUT2D eigenvalue weighted by Crippen LogP contribution is 2.44. The topological polar surface area (TPSA) is 53.7 Å². The van der Waals surface area contributed by atoms with E-state index >= 15 is 0 Å². The third-order valence-corrected chi connectivity index (χ3v) is 2.97. The lowest BCUT2D eigenvalue weighted by Crippen LogP contribution is -2.10. The molecule has 100 valence electrons. The highest BCUT2D eigenvalue weighted by atomic mass is 16.5. The van der Waals surface area contributed by atoms with Crippen molar-refractivity contribution in [2.75, 3.05) is 39.3 Å². The van der Waals surface area contributed by atoms with Gasteiger partial charge in [0.2, 0.25) is 0 Å². The van der Waals surface area contributed by atoms with Gasteiger partial charge in [-0.2, -0.15) is 0 Å². The molecule has 0 amide bonds. The maximum Gasteiger partial charge on any atom is 0.123 e. The molecule has 1 aromatic carbocycles. The lowest BCUT2D eigenvalue weighted by atomic mass is 10.1. The van der Waals surface area contributed by atoms with Gasteiger partial charge in [0.1, 0.15) is 12.4 Å². The van der Waals surface area contributed by atoms with Crippen molar-refractivity contribution in [1.82, 2.24) is 0 Å². The summed E-state index contributed by atoms with van der Waals surface area (Å²) in [6.45, 7) is 2.37. The summed E-state index contributed by atoms with van der Waals surface area (Å²) >= 11 is 0. The summed E-state index contributed by atoms with van der Waals surface area (Å²) in [6.07, 6.45) is 2.48. The number of anilines is 1. The minimum Gasteiger partial charge on any atom is -0.491 e. The monoisotopic (exact) mass is 251 g/mol. The third kappa shape index (κ3) is 3.89. The predicted molar refractivity (Wildman–Crippen MR) is 71.0 cm³/mol. The van der Waals surface area contributed by atoms with Crippen molar-refractivity contribution < 1.29 is 14.2 Å². The van der Waals surface area contributed by atoms with Crippen LogP contribution in [0.25, 0.3) is 0 Å². The summed E-state index contributed by atoms with van der Waals surface area (Å²) in [5.74, 6) is 1.58. The molecular weight excluding hydrogens is 230 g/mol. The molecule has 0 spiro atoms. The van der Waals surface area contributed by atoms with Gasteiger partial charge in [-0.15, -0.1) is 0 Å². The Bertz CT molecular complexity index is 377. The van der Waals surface area contributed by atoms with E-state index in [1.807, 2.05) is 18.2 Å². The van der Waals surface area contributed by atoms with Gasteiger partial charge in [0, 0.05) is 12.8 Å². The molecule has 2 rings (SSSR count). The smallest absolute Gasteiger partial charge is 0.123 e. The third-order valence-electron chi connectivity index (χ3n) is 2.97. The lowest BCUT2D eigenvalue weighted by Gasteiger charge is -2.12. The highest BCUT2D eigenvalue weighted by molar-refractivity contribution is 5.50. The highest BCUT2D eigenvalue weighted by Gasteiger charge is 2.26. The lowest BCUT2D eigenvalue weighted by molar-refractivity contribution is 0.0543.